The predicted octanol–water partition coefficient (Wildman–Crippen LogP) is 2.75. The van der Waals surface area contributed by atoms with Crippen LogP contribution in [0.3, 0.4) is 0 Å². The smallest absolute Gasteiger partial charge is 0.131 e. The molecule has 102 valence electrons. The highest BCUT2D eigenvalue weighted by Crippen LogP contribution is 2.26. The maximum absolute atomic E-state index is 5.70. The predicted molar refractivity (Wildman–Crippen MR) is 82.8 cm³/mol. The fraction of sp³-hybridized carbons (Fsp3) is 0.357. The molecule has 5 heteroatoms. The molecule has 1 unspecified atom stereocenters. The van der Waals surface area contributed by atoms with E-state index in [1.165, 1.54) is 0 Å². The first-order chi connectivity index (χ1) is 8.88. The second-order valence-corrected chi connectivity index (χ2v) is 6.06. The first-order valence-corrected chi connectivity index (χ1v) is 6.76. The molecule has 0 aliphatic carbocycles. The van der Waals surface area contributed by atoms with Gasteiger partial charge in [0, 0.05) is 11.5 Å². The normalized spacial score (nSPS) is 13.3. The minimum absolute atomic E-state index is 0.0167. The minimum Gasteiger partial charge on any atom is -0.346 e. The number of benzene rings is 1. The van der Waals surface area contributed by atoms with Crippen molar-refractivity contribution < 1.29 is 0 Å². The summed E-state index contributed by atoms with van der Waals surface area (Å²) in [5.74, 6) is 0.846. The quantitative estimate of drug-likeness (QED) is 0.597. The van der Waals surface area contributed by atoms with Gasteiger partial charge in [-0.25, -0.2) is 4.68 Å². The topological polar surface area (TPSA) is 55.9 Å². The van der Waals surface area contributed by atoms with E-state index < -0.39 is 5.50 Å². The Morgan fingerprint density at radius 1 is 1.26 bits per heavy atom. The maximum Gasteiger partial charge on any atom is 0.131 e. The number of aromatic nitrogens is 2. The molecule has 1 aromatic heterocycles. The van der Waals surface area contributed by atoms with Gasteiger partial charge in [-0.1, -0.05) is 39.0 Å². The van der Waals surface area contributed by atoms with Crippen molar-refractivity contribution in [3.8, 4) is 5.69 Å². The van der Waals surface area contributed by atoms with Gasteiger partial charge in [0.1, 0.15) is 11.3 Å². The Morgan fingerprint density at radius 2 is 1.89 bits per heavy atom. The zero-order valence-corrected chi connectivity index (χ0v) is 12.4. The maximum atomic E-state index is 5.70. The molecule has 0 bridgehead atoms. The third-order valence-corrected chi connectivity index (χ3v) is 2.90. The van der Waals surface area contributed by atoms with Crippen LogP contribution in [0.4, 0.5) is 5.82 Å². The van der Waals surface area contributed by atoms with Crippen LogP contribution in [0.15, 0.2) is 36.4 Å². The number of rotatable bonds is 3. The van der Waals surface area contributed by atoms with E-state index in [0.29, 0.717) is 0 Å². The zero-order chi connectivity index (χ0) is 14.0. The Labute approximate surface area is 119 Å². The van der Waals surface area contributed by atoms with E-state index in [2.05, 4.69) is 43.8 Å². The van der Waals surface area contributed by atoms with Crippen molar-refractivity contribution in [3.63, 3.8) is 0 Å². The van der Waals surface area contributed by atoms with Gasteiger partial charge in [0.25, 0.3) is 0 Å². The molecule has 0 saturated heterocycles. The first kappa shape index (κ1) is 14.0. The second kappa shape index (κ2) is 5.27. The van der Waals surface area contributed by atoms with E-state index in [4.69, 9.17) is 5.73 Å². The second-order valence-electron chi connectivity index (χ2n) is 5.50. The highest BCUT2D eigenvalue weighted by Gasteiger charge is 2.20. The lowest BCUT2D eigenvalue weighted by atomic mass is 9.92. The van der Waals surface area contributed by atoms with Crippen LogP contribution >= 0.6 is 12.6 Å². The summed E-state index contributed by atoms with van der Waals surface area (Å²) in [7, 11) is 0. The van der Waals surface area contributed by atoms with Crippen LogP contribution in [0.25, 0.3) is 5.69 Å². The zero-order valence-electron chi connectivity index (χ0n) is 11.5. The average molecular weight is 276 g/mol. The molecule has 0 saturated carbocycles. The largest absolute Gasteiger partial charge is 0.346 e. The van der Waals surface area contributed by atoms with E-state index in [1.54, 1.807) is 0 Å². The van der Waals surface area contributed by atoms with Crippen LogP contribution in [-0.4, -0.2) is 15.3 Å². The number of nitrogens with two attached hydrogens (primary N) is 1. The van der Waals surface area contributed by atoms with Crippen LogP contribution in [0, 0.1) is 0 Å². The number of nitrogens with zero attached hydrogens (tertiary/aromatic N) is 2. The van der Waals surface area contributed by atoms with Gasteiger partial charge in [0.05, 0.1) is 11.4 Å². The van der Waals surface area contributed by atoms with Crippen LogP contribution < -0.4 is 11.1 Å². The lowest BCUT2D eigenvalue weighted by molar-refractivity contribution is 0.560. The van der Waals surface area contributed by atoms with Crippen molar-refractivity contribution in [3.05, 3.63) is 42.1 Å². The number of thiol groups is 1. The summed E-state index contributed by atoms with van der Waals surface area (Å²) in [5.41, 5.74) is 7.26. The van der Waals surface area contributed by atoms with Crippen LogP contribution in [0.5, 0.6) is 0 Å². The SMILES string of the molecule is CC(C)(C)c1cc(NC(N)S)n(-c2ccccc2)n1. The molecule has 3 N–H and O–H groups in total. The highest BCUT2D eigenvalue weighted by atomic mass is 32.1. The Balaban J connectivity index is 2.49. The molecular formula is C14H20N4S. The van der Waals surface area contributed by atoms with Gasteiger partial charge in [-0.15, -0.1) is 12.6 Å². The van der Waals surface area contributed by atoms with Crippen molar-refractivity contribution in [1.29, 1.82) is 0 Å². The van der Waals surface area contributed by atoms with Gasteiger partial charge in [0.2, 0.25) is 0 Å². The van der Waals surface area contributed by atoms with Crippen LogP contribution in [-0.2, 0) is 5.41 Å². The number of hydrogen-bond acceptors (Lipinski definition) is 4. The van der Waals surface area contributed by atoms with Gasteiger partial charge >= 0.3 is 0 Å². The van der Waals surface area contributed by atoms with Crippen LogP contribution in [0.2, 0.25) is 0 Å². The number of nitrogens with one attached hydrogen (secondary N) is 1. The first-order valence-electron chi connectivity index (χ1n) is 6.24. The molecule has 1 atom stereocenters. The molecule has 0 fully saturated rings. The Hall–Kier alpha value is -1.46. The van der Waals surface area contributed by atoms with Crippen molar-refractivity contribution in [1.82, 2.24) is 9.78 Å². The summed E-state index contributed by atoms with van der Waals surface area (Å²) in [4.78, 5) is 0. The standard InChI is InChI=1S/C14H20N4S/c1-14(2,3)11-9-12(16-13(15)19)18(17-11)10-7-5-4-6-8-10/h4-9,13,16,19H,15H2,1-3H3. The molecular weight excluding hydrogens is 256 g/mol. The van der Waals surface area contributed by atoms with Gasteiger partial charge in [-0.2, -0.15) is 5.10 Å². The van der Waals surface area contributed by atoms with Crippen LogP contribution in [0.1, 0.15) is 26.5 Å². The summed E-state index contributed by atoms with van der Waals surface area (Å²) in [6, 6.07) is 12.0. The summed E-state index contributed by atoms with van der Waals surface area (Å²) in [6.45, 7) is 6.40. The lowest BCUT2D eigenvalue weighted by Gasteiger charge is -2.14. The summed E-state index contributed by atoms with van der Waals surface area (Å²) < 4.78 is 1.86. The van der Waals surface area contributed by atoms with E-state index in [0.717, 1.165) is 17.2 Å². The van der Waals surface area contributed by atoms with E-state index in [9.17, 15) is 0 Å². The molecule has 0 spiro atoms. The molecule has 2 rings (SSSR count). The summed E-state index contributed by atoms with van der Waals surface area (Å²) in [6.07, 6.45) is 0. The Kier molecular flexibility index (Phi) is 3.87. The fourth-order valence-electron chi connectivity index (χ4n) is 1.77. The number of anilines is 1. The van der Waals surface area contributed by atoms with Crippen molar-refractivity contribution in [2.75, 3.05) is 5.32 Å². The Bertz CT molecular complexity index is 540. The van der Waals surface area contributed by atoms with Gasteiger partial charge in [-0.05, 0) is 12.1 Å². The number of para-hydroxylation sites is 1. The number of hydrogen-bond donors (Lipinski definition) is 3. The molecule has 1 aromatic carbocycles. The minimum atomic E-state index is -0.424. The van der Waals surface area contributed by atoms with Gasteiger partial charge in [0.15, 0.2) is 0 Å². The van der Waals surface area contributed by atoms with Gasteiger partial charge < -0.3 is 11.1 Å². The molecule has 0 amide bonds. The molecule has 2 aromatic rings. The fourth-order valence-corrected chi connectivity index (χ4v) is 1.90. The molecule has 0 aliphatic heterocycles. The third kappa shape index (κ3) is 3.30. The lowest BCUT2D eigenvalue weighted by Crippen LogP contribution is -2.24. The summed E-state index contributed by atoms with van der Waals surface area (Å²) >= 11 is 4.18. The van der Waals surface area contributed by atoms with Crippen molar-refractivity contribution >= 4 is 18.4 Å². The monoisotopic (exact) mass is 276 g/mol. The third-order valence-electron chi connectivity index (χ3n) is 2.77. The molecule has 19 heavy (non-hydrogen) atoms. The average Bonchev–Trinajstić information content (AvgIpc) is 2.73. The molecule has 0 aliphatic rings. The van der Waals surface area contributed by atoms with E-state index in [1.807, 2.05) is 41.1 Å². The highest BCUT2D eigenvalue weighted by molar-refractivity contribution is 7.81. The molecule has 0 radical (unpaired) electrons. The molecule has 1 heterocycles. The Morgan fingerprint density at radius 3 is 2.42 bits per heavy atom. The van der Waals surface area contributed by atoms with Crippen molar-refractivity contribution in [2.45, 2.75) is 31.7 Å². The van der Waals surface area contributed by atoms with Gasteiger partial charge in [-0.3, -0.25) is 0 Å². The summed E-state index contributed by atoms with van der Waals surface area (Å²) in [5, 5.41) is 7.78. The molecule has 4 nitrogen and oxygen atoms in total. The van der Waals surface area contributed by atoms with E-state index in [-0.39, 0.29) is 5.41 Å². The van der Waals surface area contributed by atoms with Crippen molar-refractivity contribution in [2.24, 2.45) is 5.73 Å². The van der Waals surface area contributed by atoms with E-state index >= 15 is 0 Å².